The molecule has 0 saturated heterocycles. The highest BCUT2D eigenvalue weighted by atomic mass is 35.7. The zero-order valence-electron chi connectivity index (χ0n) is 11.5. The number of hydrogen-bond donors (Lipinski definition) is 0. The van der Waals surface area contributed by atoms with Gasteiger partial charge in [-0.25, -0.2) is 13.2 Å². The molecule has 1 aliphatic rings. The molecular formula is C13H18ClNO4S. The highest BCUT2D eigenvalue weighted by molar-refractivity contribution is 8.13. The summed E-state index contributed by atoms with van der Waals surface area (Å²) in [6, 6.07) is 1.43. The van der Waals surface area contributed by atoms with E-state index in [2.05, 4.69) is 0 Å². The van der Waals surface area contributed by atoms with Gasteiger partial charge >= 0.3 is 5.97 Å². The molecule has 112 valence electrons. The number of aromatic nitrogens is 1. The third-order valence-corrected chi connectivity index (χ3v) is 4.70. The van der Waals surface area contributed by atoms with E-state index in [1.54, 1.807) is 18.4 Å². The number of esters is 1. The first-order valence-electron chi connectivity index (χ1n) is 6.66. The molecule has 20 heavy (non-hydrogen) atoms. The molecular weight excluding hydrogens is 302 g/mol. The Hall–Kier alpha value is -1.01. The van der Waals surface area contributed by atoms with Crippen molar-refractivity contribution in [2.75, 3.05) is 0 Å². The number of ether oxygens (including phenoxy) is 1. The number of hydrogen-bond acceptors (Lipinski definition) is 4. The van der Waals surface area contributed by atoms with Gasteiger partial charge < -0.3 is 9.30 Å². The molecule has 1 heterocycles. The molecule has 0 atom stereocenters. The van der Waals surface area contributed by atoms with Gasteiger partial charge in [0.05, 0.1) is 6.10 Å². The van der Waals surface area contributed by atoms with Crippen molar-refractivity contribution in [3.63, 3.8) is 0 Å². The Balaban J connectivity index is 2.41. The van der Waals surface area contributed by atoms with Crippen LogP contribution in [-0.4, -0.2) is 25.1 Å². The second-order valence-corrected chi connectivity index (χ2v) is 7.86. The topological polar surface area (TPSA) is 65.4 Å². The molecule has 1 aromatic heterocycles. The standard InChI is InChI=1S/C13H18ClNO4S/c1-9(2)19-13(16)12-7-11(20(14,17)18)8-15(12)10-5-3-4-6-10/h7-10H,3-6H2,1-2H3. The predicted molar refractivity (Wildman–Crippen MR) is 75.5 cm³/mol. The highest BCUT2D eigenvalue weighted by Crippen LogP contribution is 2.33. The maximum absolute atomic E-state index is 12.1. The van der Waals surface area contributed by atoms with Gasteiger partial charge in [0.15, 0.2) is 0 Å². The summed E-state index contributed by atoms with van der Waals surface area (Å²) in [5.41, 5.74) is 0.254. The van der Waals surface area contributed by atoms with Gasteiger partial charge in [0.1, 0.15) is 10.6 Å². The lowest BCUT2D eigenvalue weighted by molar-refractivity contribution is 0.0362. The van der Waals surface area contributed by atoms with Crippen LogP contribution in [0.3, 0.4) is 0 Å². The molecule has 5 nitrogen and oxygen atoms in total. The highest BCUT2D eigenvalue weighted by Gasteiger charge is 2.27. The zero-order chi connectivity index (χ0) is 14.9. The lowest BCUT2D eigenvalue weighted by Gasteiger charge is -2.16. The van der Waals surface area contributed by atoms with E-state index in [1.807, 2.05) is 0 Å². The van der Waals surface area contributed by atoms with Crippen LogP contribution in [0.5, 0.6) is 0 Å². The summed E-state index contributed by atoms with van der Waals surface area (Å²) in [5.74, 6) is -0.515. The maximum atomic E-state index is 12.1. The largest absolute Gasteiger partial charge is 0.458 e. The molecule has 2 rings (SSSR count). The lowest BCUT2D eigenvalue weighted by Crippen LogP contribution is -2.17. The van der Waals surface area contributed by atoms with Crippen LogP contribution in [0.4, 0.5) is 0 Å². The molecule has 0 unspecified atom stereocenters. The summed E-state index contributed by atoms with van der Waals surface area (Å²) < 4.78 is 29.8. The number of carbonyl (C=O) groups is 1. The molecule has 1 aromatic rings. The third-order valence-electron chi connectivity index (χ3n) is 3.37. The molecule has 0 amide bonds. The van der Waals surface area contributed by atoms with Crippen molar-refractivity contribution in [3.8, 4) is 0 Å². The molecule has 0 bridgehead atoms. The molecule has 0 aromatic carbocycles. The van der Waals surface area contributed by atoms with Crippen molar-refractivity contribution in [2.45, 2.75) is 56.6 Å². The maximum Gasteiger partial charge on any atom is 0.355 e. The molecule has 1 aliphatic carbocycles. The first kappa shape index (κ1) is 15.4. The van der Waals surface area contributed by atoms with Gasteiger partial charge in [0.25, 0.3) is 9.05 Å². The SMILES string of the molecule is CC(C)OC(=O)c1cc(S(=O)(=O)Cl)cn1C1CCCC1. The minimum absolute atomic E-state index is 0.0539. The van der Waals surface area contributed by atoms with E-state index in [0.717, 1.165) is 25.7 Å². The average Bonchev–Trinajstić information content (AvgIpc) is 2.96. The normalized spacial score (nSPS) is 16.8. The summed E-state index contributed by atoms with van der Waals surface area (Å²) in [7, 11) is 1.52. The summed E-state index contributed by atoms with van der Waals surface area (Å²) in [6.45, 7) is 3.50. The Morgan fingerprint density at radius 1 is 1.40 bits per heavy atom. The fraction of sp³-hybridized carbons (Fsp3) is 0.615. The quantitative estimate of drug-likeness (QED) is 0.632. The zero-order valence-corrected chi connectivity index (χ0v) is 13.1. The first-order valence-corrected chi connectivity index (χ1v) is 8.97. The summed E-state index contributed by atoms with van der Waals surface area (Å²) in [4.78, 5) is 12.0. The van der Waals surface area contributed by atoms with E-state index in [0.29, 0.717) is 0 Å². The Morgan fingerprint density at radius 3 is 2.50 bits per heavy atom. The van der Waals surface area contributed by atoms with Gasteiger partial charge in [-0.1, -0.05) is 12.8 Å². The molecule has 7 heteroatoms. The Bertz CT molecular complexity index is 600. The van der Waals surface area contributed by atoms with E-state index in [9.17, 15) is 13.2 Å². The van der Waals surface area contributed by atoms with Crippen molar-refractivity contribution in [2.24, 2.45) is 0 Å². The van der Waals surface area contributed by atoms with Crippen LogP contribution >= 0.6 is 10.7 Å². The minimum Gasteiger partial charge on any atom is -0.458 e. The fourth-order valence-corrected chi connectivity index (χ4v) is 3.25. The molecule has 1 saturated carbocycles. The van der Waals surface area contributed by atoms with Crippen molar-refractivity contribution in [1.29, 1.82) is 0 Å². The van der Waals surface area contributed by atoms with E-state index < -0.39 is 15.0 Å². The molecule has 0 spiro atoms. The number of halogens is 1. The van der Waals surface area contributed by atoms with Gasteiger partial charge in [-0.15, -0.1) is 0 Å². The van der Waals surface area contributed by atoms with Crippen molar-refractivity contribution in [3.05, 3.63) is 18.0 Å². The molecule has 0 N–H and O–H groups in total. The Kier molecular flexibility index (Phi) is 4.44. The number of nitrogens with zero attached hydrogens (tertiary/aromatic N) is 1. The second-order valence-electron chi connectivity index (χ2n) is 5.30. The van der Waals surface area contributed by atoms with Crippen LogP contribution < -0.4 is 0 Å². The molecule has 1 fully saturated rings. The number of rotatable bonds is 4. The van der Waals surface area contributed by atoms with E-state index >= 15 is 0 Å². The summed E-state index contributed by atoms with van der Waals surface area (Å²) >= 11 is 0. The molecule has 0 radical (unpaired) electrons. The second kappa shape index (κ2) is 5.77. The van der Waals surface area contributed by atoms with Crippen molar-refractivity contribution in [1.82, 2.24) is 4.57 Å². The van der Waals surface area contributed by atoms with Crippen molar-refractivity contribution < 1.29 is 17.9 Å². The van der Waals surface area contributed by atoms with Gasteiger partial charge in [0.2, 0.25) is 0 Å². The predicted octanol–water partition coefficient (Wildman–Crippen LogP) is 3.10. The fourth-order valence-electron chi connectivity index (χ4n) is 2.51. The van der Waals surface area contributed by atoms with Crippen LogP contribution in [0.15, 0.2) is 17.2 Å². The monoisotopic (exact) mass is 319 g/mol. The van der Waals surface area contributed by atoms with Crippen molar-refractivity contribution >= 4 is 25.7 Å². The van der Waals surface area contributed by atoms with Crippen LogP contribution in [0.25, 0.3) is 0 Å². The Morgan fingerprint density at radius 2 is 2.00 bits per heavy atom. The van der Waals surface area contributed by atoms with Crippen LogP contribution in [0.2, 0.25) is 0 Å². The smallest absolute Gasteiger partial charge is 0.355 e. The summed E-state index contributed by atoms with van der Waals surface area (Å²) in [6.07, 6.45) is 5.19. The van der Waals surface area contributed by atoms with E-state index in [-0.39, 0.29) is 22.7 Å². The van der Waals surface area contributed by atoms with Crippen LogP contribution in [-0.2, 0) is 13.8 Å². The number of carbonyl (C=O) groups excluding carboxylic acids is 1. The summed E-state index contributed by atoms with van der Waals surface area (Å²) in [5, 5.41) is 0. The third kappa shape index (κ3) is 3.35. The minimum atomic E-state index is -3.85. The van der Waals surface area contributed by atoms with Gasteiger partial charge in [-0.2, -0.15) is 0 Å². The van der Waals surface area contributed by atoms with Crippen LogP contribution in [0.1, 0.15) is 56.1 Å². The molecule has 0 aliphatic heterocycles. The average molecular weight is 320 g/mol. The Labute approximate surface area is 123 Å². The van der Waals surface area contributed by atoms with Gasteiger partial charge in [0, 0.05) is 22.9 Å². The van der Waals surface area contributed by atoms with E-state index in [1.165, 1.54) is 12.3 Å². The van der Waals surface area contributed by atoms with Crippen LogP contribution in [0, 0.1) is 0 Å². The van der Waals surface area contributed by atoms with Gasteiger partial charge in [-0.3, -0.25) is 0 Å². The van der Waals surface area contributed by atoms with Gasteiger partial charge in [-0.05, 0) is 32.8 Å². The lowest BCUT2D eigenvalue weighted by atomic mass is 10.2. The first-order chi connectivity index (χ1) is 9.29. The van der Waals surface area contributed by atoms with E-state index in [4.69, 9.17) is 15.4 Å².